The van der Waals surface area contributed by atoms with Gasteiger partial charge in [-0.1, -0.05) is 37.3 Å². The monoisotopic (exact) mass is 594 g/mol. The number of esters is 2. The topological polar surface area (TPSA) is 115 Å². The van der Waals surface area contributed by atoms with E-state index in [2.05, 4.69) is 18.8 Å². The van der Waals surface area contributed by atoms with Crippen LogP contribution in [-0.4, -0.2) is 44.4 Å². The van der Waals surface area contributed by atoms with Gasteiger partial charge in [-0.05, 0) is 60.7 Å². The fraction of sp³-hybridized carbons (Fsp3) is 0.355. The zero-order valence-electron chi connectivity index (χ0n) is 24.7. The highest BCUT2D eigenvalue weighted by molar-refractivity contribution is 7.07. The molecule has 0 saturated carbocycles. The number of methoxy groups -OCH3 is 3. The molecule has 0 N–H and O–H groups in total. The second kappa shape index (κ2) is 13.1. The van der Waals surface area contributed by atoms with Gasteiger partial charge in [-0.15, -0.1) is 0 Å². The van der Waals surface area contributed by atoms with Gasteiger partial charge in [0.15, 0.2) is 27.8 Å². The van der Waals surface area contributed by atoms with Crippen LogP contribution in [0.2, 0.25) is 0 Å². The normalized spacial score (nSPS) is 14.8. The lowest BCUT2D eigenvalue weighted by Crippen LogP contribution is -2.39. The minimum atomic E-state index is -0.859. The number of hydrogen-bond acceptors (Lipinski definition) is 10. The summed E-state index contributed by atoms with van der Waals surface area (Å²) in [5.74, 6) is 1.06. The summed E-state index contributed by atoms with van der Waals surface area (Å²) in [6, 6.07) is 9.49. The van der Waals surface area contributed by atoms with Gasteiger partial charge in [0.2, 0.25) is 0 Å². The first kappa shape index (κ1) is 30.6. The van der Waals surface area contributed by atoms with Crippen LogP contribution in [-0.2, 0) is 14.3 Å². The number of carbonyl (C=O) groups excluding carboxylic acids is 2. The number of rotatable bonds is 10. The number of aromatic nitrogens is 1. The number of ether oxygens (including phenoxy) is 5. The Labute approximate surface area is 247 Å². The molecule has 4 rings (SSSR count). The average molecular weight is 595 g/mol. The molecule has 2 heterocycles. The van der Waals surface area contributed by atoms with Crippen molar-refractivity contribution in [3.63, 3.8) is 0 Å². The summed E-state index contributed by atoms with van der Waals surface area (Å²) < 4.78 is 29.1. The molecule has 0 fully saturated rings. The van der Waals surface area contributed by atoms with Crippen molar-refractivity contribution >= 4 is 29.4 Å². The Morgan fingerprint density at radius 3 is 2.36 bits per heavy atom. The van der Waals surface area contributed by atoms with Crippen molar-refractivity contribution in [2.75, 3.05) is 27.9 Å². The molecule has 0 bridgehead atoms. The highest BCUT2D eigenvalue weighted by Gasteiger charge is 2.33. The van der Waals surface area contributed by atoms with Crippen molar-refractivity contribution in [1.82, 2.24) is 4.57 Å². The van der Waals surface area contributed by atoms with Gasteiger partial charge in [-0.2, -0.15) is 0 Å². The number of allylic oxidation sites excluding steroid dienone is 1. The van der Waals surface area contributed by atoms with Crippen LogP contribution in [0.25, 0.3) is 6.08 Å². The van der Waals surface area contributed by atoms with E-state index in [9.17, 15) is 14.4 Å². The SMILES string of the molecule is COC(=O)C1=C(C)N=c2s/c(=C/c3ccc(OCCC(C)C)c(OC)c3)c(=O)n2C1c1ccc(OC(C)=O)c(OC)c1. The highest BCUT2D eigenvalue weighted by Crippen LogP contribution is 2.36. The van der Waals surface area contributed by atoms with E-state index in [1.807, 2.05) is 18.2 Å². The van der Waals surface area contributed by atoms with E-state index in [0.717, 1.165) is 12.0 Å². The molecule has 0 radical (unpaired) electrons. The molecular weight excluding hydrogens is 560 g/mol. The Kier molecular flexibility index (Phi) is 9.52. The number of carbonyl (C=O) groups is 2. The molecule has 1 atom stereocenters. The predicted octanol–water partition coefficient (Wildman–Crippen LogP) is 3.78. The van der Waals surface area contributed by atoms with Crippen molar-refractivity contribution in [1.29, 1.82) is 0 Å². The number of benzene rings is 2. The summed E-state index contributed by atoms with van der Waals surface area (Å²) in [4.78, 5) is 43.5. The minimum absolute atomic E-state index is 0.211. The zero-order chi connectivity index (χ0) is 30.6. The molecule has 222 valence electrons. The van der Waals surface area contributed by atoms with Crippen LogP contribution in [0.4, 0.5) is 0 Å². The summed E-state index contributed by atoms with van der Waals surface area (Å²) in [6.45, 7) is 7.82. The molecule has 0 amide bonds. The summed E-state index contributed by atoms with van der Waals surface area (Å²) in [5, 5.41) is 0. The maximum atomic E-state index is 13.9. The van der Waals surface area contributed by atoms with Crippen LogP contribution in [0.5, 0.6) is 23.0 Å². The molecule has 1 aliphatic heterocycles. The summed E-state index contributed by atoms with van der Waals surface area (Å²) in [6.07, 6.45) is 2.67. The largest absolute Gasteiger partial charge is 0.493 e. The van der Waals surface area contributed by atoms with Crippen molar-refractivity contribution in [3.8, 4) is 23.0 Å². The molecule has 11 heteroatoms. The van der Waals surface area contributed by atoms with Gasteiger partial charge < -0.3 is 23.7 Å². The Bertz CT molecular complexity index is 1720. The number of hydrogen-bond donors (Lipinski definition) is 0. The van der Waals surface area contributed by atoms with Gasteiger partial charge in [0, 0.05) is 6.92 Å². The van der Waals surface area contributed by atoms with E-state index < -0.39 is 18.0 Å². The smallest absolute Gasteiger partial charge is 0.338 e. The molecule has 42 heavy (non-hydrogen) atoms. The lowest BCUT2D eigenvalue weighted by molar-refractivity contribution is -0.136. The van der Waals surface area contributed by atoms with E-state index >= 15 is 0 Å². The quantitative estimate of drug-likeness (QED) is 0.257. The average Bonchev–Trinajstić information content (AvgIpc) is 3.26. The van der Waals surface area contributed by atoms with Crippen LogP contribution < -0.4 is 33.8 Å². The lowest BCUT2D eigenvalue weighted by atomic mass is 9.95. The minimum Gasteiger partial charge on any atom is -0.493 e. The number of nitrogens with zero attached hydrogens (tertiary/aromatic N) is 2. The summed E-state index contributed by atoms with van der Waals surface area (Å²) in [5.41, 5.74) is 1.59. The van der Waals surface area contributed by atoms with Crippen molar-refractivity contribution in [2.24, 2.45) is 10.9 Å². The Morgan fingerprint density at radius 2 is 1.71 bits per heavy atom. The van der Waals surface area contributed by atoms with Crippen LogP contribution >= 0.6 is 11.3 Å². The van der Waals surface area contributed by atoms with E-state index in [0.29, 0.717) is 44.6 Å². The first-order valence-corrected chi connectivity index (χ1v) is 14.2. The van der Waals surface area contributed by atoms with E-state index in [1.54, 1.807) is 38.3 Å². The predicted molar refractivity (Wildman–Crippen MR) is 158 cm³/mol. The van der Waals surface area contributed by atoms with Gasteiger partial charge in [0.1, 0.15) is 0 Å². The molecule has 1 unspecified atom stereocenters. The maximum absolute atomic E-state index is 13.9. The molecule has 0 aliphatic carbocycles. The number of thiazole rings is 1. The van der Waals surface area contributed by atoms with Gasteiger partial charge >= 0.3 is 11.9 Å². The van der Waals surface area contributed by atoms with Crippen LogP contribution in [0.1, 0.15) is 51.3 Å². The second-order valence-corrected chi connectivity index (χ2v) is 11.0. The van der Waals surface area contributed by atoms with Crippen molar-refractivity contribution < 1.29 is 33.3 Å². The molecule has 1 aliphatic rings. The molecule has 0 saturated heterocycles. The Balaban J connectivity index is 1.83. The third-order valence-electron chi connectivity index (χ3n) is 6.62. The fourth-order valence-corrected chi connectivity index (χ4v) is 5.60. The molecular formula is C31H34N2O8S. The third kappa shape index (κ3) is 6.41. The van der Waals surface area contributed by atoms with E-state index in [4.69, 9.17) is 23.7 Å². The van der Waals surface area contributed by atoms with Gasteiger partial charge in [0.25, 0.3) is 5.56 Å². The van der Waals surface area contributed by atoms with Crippen molar-refractivity contribution in [2.45, 2.75) is 40.2 Å². The Morgan fingerprint density at radius 1 is 1.02 bits per heavy atom. The summed E-state index contributed by atoms with van der Waals surface area (Å²) >= 11 is 1.21. The van der Waals surface area contributed by atoms with Crippen molar-refractivity contribution in [3.05, 3.63) is 78.5 Å². The molecule has 2 aromatic carbocycles. The van der Waals surface area contributed by atoms with Crippen LogP contribution in [0.3, 0.4) is 0 Å². The fourth-order valence-electron chi connectivity index (χ4n) is 4.55. The first-order valence-electron chi connectivity index (χ1n) is 13.4. The third-order valence-corrected chi connectivity index (χ3v) is 7.61. The first-order chi connectivity index (χ1) is 20.1. The molecule has 0 spiro atoms. The standard InChI is InChI=1S/C31H34N2O8S/c1-17(2)12-13-40-22-10-8-20(14-24(22)37-5)15-26-29(35)33-28(27(30(36)39-7)18(3)32-31(33)42-26)21-9-11-23(41-19(4)34)25(16-21)38-6/h8-11,14-17,28H,12-13H2,1-7H3/b26-15+. The van der Waals surface area contributed by atoms with E-state index in [-0.39, 0.29) is 22.6 Å². The Hall–Kier alpha value is -4.38. The maximum Gasteiger partial charge on any atom is 0.338 e. The second-order valence-electron chi connectivity index (χ2n) is 10.0. The summed E-state index contributed by atoms with van der Waals surface area (Å²) in [7, 11) is 4.29. The number of fused-ring (bicyclic) bond motifs is 1. The molecule has 10 nitrogen and oxygen atoms in total. The molecule has 1 aromatic heterocycles. The lowest BCUT2D eigenvalue weighted by Gasteiger charge is -2.25. The zero-order valence-corrected chi connectivity index (χ0v) is 25.5. The molecule has 3 aromatic rings. The van der Waals surface area contributed by atoms with Crippen LogP contribution in [0, 0.1) is 5.92 Å². The van der Waals surface area contributed by atoms with Gasteiger partial charge in [-0.3, -0.25) is 14.2 Å². The van der Waals surface area contributed by atoms with E-state index in [1.165, 1.54) is 37.0 Å². The van der Waals surface area contributed by atoms with Crippen LogP contribution in [0.15, 0.2) is 57.5 Å². The van der Waals surface area contributed by atoms with Gasteiger partial charge in [0.05, 0.1) is 49.8 Å². The van der Waals surface area contributed by atoms with Gasteiger partial charge in [-0.25, -0.2) is 9.79 Å². The highest BCUT2D eigenvalue weighted by atomic mass is 32.1.